The predicted molar refractivity (Wildman–Crippen MR) is 67.9 cm³/mol. The minimum absolute atomic E-state index is 0.213. The van der Waals surface area contributed by atoms with Crippen molar-refractivity contribution in [1.82, 2.24) is 0 Å². The molecule has 0 heterocycles. The zero-order chi connectivity index (χ0) is 14.0. The Morgan fingerprint density at radius 3 is 2.74 bits per heavy atom. The van der Waals surface area contributed by atoms with Crippen LogP contribution in [0.15, 0.2) is 18.2 Å². The smallest absolute Gasteiger partial charge is 0.307 e. The Morgan fingerprint density at radius 2 is 2.11 bits per heavy atom. The molecule has 1 N–H and O–H groups in total. The molecule has 1 fully saturated rings. The van der Waals surface area contributed by atoms with Crippen LogP contribution < -0.4 is 0 Å². The number of hydrogen-bond acceptors (Lipinski definition) is 1. The van der Waals surface area contributed by atoms with E-state index in [0.29, 0.717) is 18.8 Å². The van der Waals surface area contributed by atoms with Crippen LogP contribution in [0.4, 0.5) is 8.78 Å². The quantitative estimate of drug-likeness (QED) is 0.901. The molecule has 3 unspecified atom stereocenters. The van der Waals surface area contributed by atoms with Crippen LogP contribution in [-0.4, -0.2) is 11.1 Å². The molecular weight excluding hydrogens is 250 g/mol. The first-order valence-electron chi connectivity index (χ1n) is 6.71. The fourth-order valence-electron chi connectivity index (χ4n) is 3.07. The van der Waals surface area contributed by atoms with Crippen molar-refractivity contribution in [3.8, 4) is 0 Å². The lowest BCUT2D eigenvalue weighted by molar-refractivity contribution is -0.144. The third kappa shape index (κ3) is 2.77. The maximum absolute atomic E-state index is 13.9. The zero-order valence-electron chi connectivity index (χ0n) is 10.9. The molecule has 104 valence electrons. The van der Waals surface area contributed by atoms with E-state index in [4.69, 9.17) is 0 Å². The summed E-state index contributed by atoms with van der Waals surface area (Å²) in [7, 11) is 0. The number of halogens is 2. The van der Waals surface area contributed by atoms with Crippen molar-refractivity contribution in [3.63, 3.8) is 0 Å². The largest absolute Gasteiger partial charge is 0.481 e. The monoisotopic (exact) mass is 268 g/mol. The predicted octanol–water partition coefficient (Wildman–Crippen LogP) is 3.96. The van der Waals surface area contributed by atoms with Crippen LogP contribution in [0.2, 0.25) is 0 Å². The van der Waals surface area contributed by atoms with E-state index in [1.54, 1.807) is 0 Å². The topological polar surface area (TPSA) is 37.3 Å². The summed E-state index contributed by atoms with van der Waals surface area (Å²) in [5.41, 5.74) is 0.213. The van der Waals surface area contributed by atoms with Crippen molar-refractivity contribution in [3.05, 3.63) is 35.4 Å². The Bertz CT molecular complexity index is 473. The first kappa shape index (κ1) is 14.0. The van der Waals surface area contributed by atoms with Crippen LogP contribution in [0.3, 0.4) is 0 Å². The summed E-state index contributed by atoms with van der Waals surface area (Å²) < 4.78 is 27.2. The van der Waals surface area contributed by atoms with Gasteiger partial charge < -0.3 is 5.11 Å². The molecule has 1 aromatic rings. The molecule has 1 aliphatic rings. The van der Waals surface area contributed by atoms with Crippen molar-refractivity contribution >= 4 is 5.97 Å². The molecule has 0 aromatic heterocycles. The summed E-state index contributed by atoms with van der Waals surface area (Å²) in [5, 5.41) is 9.27. The van der Waals surface area contributed by atoms with E-state index in [1.165, 1.54) is 12.1 Å². The van der Waals surface area contributed by atoms with Gasteiger partial charge in [0.25, 0.3) is 0 Å². The Hall–Kier alpha value is -1.45. The highest BCUT2D eigenvalue weighted by molar-refractivity contribution is 5.71. The Labute approximate surface area is 111 Å². The average Bonchev–Trinajstić information content (AvgIpc) is 2.41. The SMILES string of the molecule is CCC1CCC(C(=O)O)C(c2cccc(F)c2F)C1. The molecule has 0 amide bonds. The van der Waals surface area contributed by atoms with Crippen LogP contribution in [0.1, 0.15) is 44.1 Å². The van der Waals surface area contributed by atoms with Gasteiger partial charge in [0.2, 0.25) is 0 Å². The lowest BCUT2D eigenvalue weighted by Gasteiger charge is -2.34. The molecule has 2 rings (SSSR count). The van der Waals surface area contributed by atoms with Gasteiger partial charge in [0.1, 0.15) is 0 Å². The van der Waals surface area contributed by atoms with Crippen LogP contribution in [0.25, 0.3) is 0 Å². The van der Waals surface area contributed by atoms with Crippen molar-refractivity contribution < 1.29 is 18.7 Å². The number of benzene rings is 1. The van der Waals surface area contributed by atoms with Gasteiger partial charge in [-0.25, -0.2) is 8.78 Å². The summed E-state index contributed by atoms with van der Waals surface area (Å²) >= 11 is 0. The number of carboxylic acid groups (broad SMARTS) is 1. The average molecular weight is 268 g/mol. The third-order valence-corrected chi connectivity index (χ3v) is 4.23. The van der Waals surface area contributed by atoms with Gasteiger partial charge in [-0.05, 0) is 36.8 Å². The van der Waals surface area contributed by atoms with Gasteiger partial charge in [-0.2, -0.15) is 0 Å². The Kier molecular flexibility index (Phi) is 4.17. The molecule has 0 bridgehead atoms. The molecule has 0 spiro atoms. The lowest BCUT2D eigenvalue weighted by Crippen LogP contribution is -2.29. The minimum Gasteiger partial charge on any atom is -0.481 e. The minimum atomic E-state index is -0.914. The molecule has 1 aromatic carbocycles. The second-order valence-electron chi connectivity index (χ2n) is 5.28. The highest BCUT2D eigenvalue weighted by Gasteiger charge is 2.37. The van der Waals surface area contributed by atoms with Gasteiger partial charge in [-0.1, -0.05) is 25.5 Å². The molecule has 3 atom stereocenters. The molecule has 1 saturated carbocycles. The summed E-state index contributed by atoms with van der Waals surface area (Å²) in [6, 6.07) is 4.02. The summed E-state index contributed by atoms with van der Waals surface area (Å²) in [6.07, 6.45) is 2.95. The van der Waals surface area contributed by atoms with Crippen molar-refractivity contribution in [2.45, 2.75) is 38.5 Å². The summed E-state index contributed by atoms with van der Waals surface area (Å²) in [4.78, 5) is 11.3. The van der Waals surface area contributed by atoms with E-state index in [1.807, 2.05) is 6.92 Å². The van der Waals surface area contributed by atoms with Crippen LogP contribution in [0.5, 0.6) is 0 Å². The maximum Gasteiger partial charge on any atom is 0.307 e. The van der Waals surface area contributed by atoms with Crippen molar-refractivity contribution in [1.29, 1.82) is 0 Å². The standard InChI is InChI=1S/C15H18F2O2/c1-2-9-6-7-11(15(18)19)12(8-9)10-4-3-5-13(16)14(10)17/h3-5,9,11-12H,2,6-8H2,1H3,(H,18,19). The Morgan fingerprint density at radius 1 is 1.37 bits per heavy atom. The first-order chi connectivity index (χ1) is 9.04. The molecular formula is C15H18F2O2. The fourth-order valence-corrected chi connectivity index (χ4v) is 3.07. The molecule has 2 nitrogen and oxygen atoms in total. The van der Waals surface area contributed by atoms with E-state index in [2.05, 4.69) is 0 Å². The Balaban J connectivity index is 2.36. The van der Waals surface area contributed by atoms with E-state index >= 15 is 0 Å². The number of carbonyl (C=O) groups is 1. The van der Waals surface area contributed by atoms with Crippen LogP contribution >= 0.6 is 0 Å². The first-order valence-corrected chi connectivity index (χ1v) is 6.71. The summed E-state index contributed by atoms with van der Waals surface area (Å²) in [5.74, 6) is -3.35. The molecule has 4 heteroatoms. The molecule has 1 aliphatic carbocycles. The highest BCUT2D eigenvalue weighted by Crippen LogP contribution is 2.42. The van der Waals surface area contributed by atoms with Gasteiger partial charge in [0.15, 0.2) is 11.6 Å². The second-order valence-corrected chi connectivity index (χ2v) is 5.28. The van der Waals surface area contributed by atoms with Crippen molar-refractivity contribution in [2.24, 2.45) is 11.8 Å². The second kappa shape index (κ2) is 5.68. The number of carboxylic acids is 1. The molecule has 0 saturated heterocycles. The fraction of sp³-hybridized carbons (Fsp3) is 0.533. The molecule has 19 heavy (non-hydrogen) atoms. The van der Waals surface area contributed by atoms with Gasteiger partial charge in [-0.3, -0.25) is 4.79 Å². The van der Waals surface area contributed by atoms with Crippen LogP contribution in [0, 0.1) is 23.5 Å². The van der Waals surface area contributed by atoms with Crippen molar-refractivity contribution in [2.75, 3.05) is 0 Å². The van der Waals surface area contributed by atoms with E-state index in [-0.39, 0.29) is 5.56 Å². The summed E-state index contributed by atoms with van der Waals surface area (Å²) in [6.45, 7) is 2.05. The van der Waals surface area contributed by atoms with Crippen LogP contribution in [-0.2, 0) is 4.79 Å². The van der Waals surface area contributed by atoms with E-state index in [9.17, 15) is 18.7 Å². The third-order valence-electron chi connectivity index (χ3n) is 4.23. The van der Waals surface area contributed by atoms with E-state index < -0.39 is 29.4 Å². The molecule has 0 aliphatic heterocycles. The van der Waals surface area contributed by atoms with Gasteiger partial charge in [0, 0.05) is 5.92 Å². The number of aliphatic carboxylic acids is 1. The van der Waals surface area contributed by atoms with Gasteiger partial charge >= 0.3 is 5.97 Å². The van der Waals surface area contributed by atoms with E-state index in [0.717, 1.165) is 18.9 Å². The van der Waals surface area contributed by atoms with Gasteiger partial charge in [-0.15, -0.1) is 0 Å². The highest BCUT2D eigenvalue weighted by atomic mass is 19.2. The zero-order valence-corrected chi connectivity index (χ0v) is 10.9. The molecule has 0 radical (unpaired) electrons. The van der Waals surface area contributed by atoms with Gasteiger partial charge in [0.05, 0.1) is 5.92 Å². The number of hydrogen-bond donors (Lipinski definition) is 1. The normalized spacial score (nSPS) is 27.2. The number of rotatable bonds is 3. The lowest BCUT2D eigenvalue weighted by atomic mass is 9.70. The maximum atomic E-state index is 13.9.